The standard InChI is InChI=1S/C30H29F2N5O/c1-4-37(28(38)19-10-8-18(9-11-19)25-15-33-17-34-25)16-30-13-12-21(29(30,2)3)20-14-24(35-36-27(20)30)26-22(31)6-5-7-23(26)32/h5-11,14,17,21H,4,12-13,15-16H2,1-3H3/t21-,30-/m0/s1. The molecule has 2 atom stereocenters. The van der Waals surface area contributed by atoms with Crippen molar-refractivity contribution < 1.29 is 13.6 Å². The quantitative estimate of drug-likeness (QED) is 0.433. The molecule has 1 fully saturated rings. The Morgan fingerprint density at radius 1 is 1.08 bits per heavy atom. The summed E-state index contributed by atoms with van der Waals surface area (Å²) in [4.78, 5) is 23.9. The summed E-state index contributed by atoms with van der Waals surface area (Å²) >= 11 is 0. The molecule has 2 heterocycles. The van der Waals surface area contributed by atoms with Gasteiger partial charge >= 0.3 is 0 Å². The Labute approximate surface area is 220 Å². The van der Waals surface area contributed by atoms with Crippen LogP contribution in [0.3, 0.4) is 0 Å². The van der Waals surface area contributed by atoms with Gasteiger partial charge in [0, 0.05) is 24.1 Å². The maximum atomic E-state index is 14.5. The number of carbonyl (C=O) groups excluding carboxylic acids is 1. The largest absolute Gasteiger partial charge is 0.338 e. The molecule has 194 valence electrons. The molecule has 6 nitrogen and oxygen atoms in total. The average Bonchev–Trinajstić information content (AvgIpc) is 3.58. The van der Waals surface area contributed by atoms with Gasteiger partial charge in [-0.05, 0) is 72.6 Å². The number of likely N-dealkylation sites (N-methyl/N-ethyl adjacent to an activating group) is 1. The smallest absolute Gasteiger partial charge is 0.253 e. The molecule has 0 spiro atoms. The summed E-state index contributed by atoms with van der Waals surface area (Å²) in [6, 6.07) is 13.1. The van der Waals surface area contributed by atoms with Gasteiger partial charge in [0.2, 0.25) is 0 Å². The molecule has 3 aliphatic rings. The monoisotopic (exact) mass is 513 g/mol. The molecule has 38 heavy (non-hydrogen) atoms. The predicted octanol–water partition coefficient (Wildman–Crippen LogP) is 5.57. The Balaban J connectivity index is 1.32. The fourth-order valence-corrected chi connectivity index (χ4v) is 6.73. The van der Waals surface area contributed by atoms with Crippen molar-refractivity contribution in [3.63, 3.8) is 0 Å². The summed E-state index contributed by atoms with van der Waals surface area (Å²) in [5.41, 5.74) is 3.77. The van der Waals surface area contributed by atoms with Crippen LogP contribution in [-0.2, 0) is 5.41 Å². The van der Waals surface area contributed by atoms with Crippen LogP contribution in [-0.4, -0.2) is 52.7 Å². The van der Waals surface area contributed by atoms with Gasteiger partial charge in [0.15, 0.2) is 0 Å². The van der Waals surface area contributed by atoms with Crippen molar-refractivity contribution in [3.8, 4) is 11.3 Å². The second-order valence-corrected chi connectivity index (χ2v) is 11.0. The highest BCUT2D eigenvalue weighted by molar-refractivity contribution is 6.08. The molecule has 0 unspecified atom stereocenters. The molecular formula is C30H29F2N5O. The summed E-state index contributed by atoms with van der Waals surface area (Å²) < 4.78 is 29.0. The number of halogens is 2. The number of aromatic nitrogens is 2. The van der Waals surface area contributed by atoms with Gasteiger partial charge in [-0.1, -0.05) is 32.0 Å². The van der Waals surface area contributed by atoms with Crippen LogP contribution in [0.25, 0.3) is 11.3 Å². The Bertz CT molecular complexity index is 1480. The number of amides is 1. The SMILES string of the molecule is CCN(C[C@@]12CC[C@@H](c3cc(-c4c(F)cccc4F)nnc31)C2(C)C)C(=O)c1ccc(C2=NC=NC2)cc1. The van der Waals surface area contributed by atoms with E-state index < -0.39 is 17.0 Å². The van der Waals surface area contributed by atoms with Crippen molar-refractivity contribution >= 4 is 18.0 Å². The van der Waals surface area contributed by atoms with Crippen molar-refractivity contribution in [3.05, 3.63) is 82.5 Å². The zero-order chi connectivity index (χ0) is 26.7. The van der Waals surface area contributed by atoms with Gasteiger partial charge in [-0.15, -0.1) is 0 Å². The van der Waals surface area contributed by atoms with Crippen LogP contribution >= 0.6 is 0 Å². The summed E-state index contributed by atoms with van der Waals surface area (Å²) in [5, 5.41) is 8.90. The average molecular weight is 514 g/mol. The zero-order valence-electron chi connectivity index (χ0n) is 21.7. The van der Waals surface area contributed by atoms with Gasteiger partial charge in [-0.2, -0.15) is 10.2 Å². The number of aliphatic imine (C=N–C) groups is 2. The fraction of sp³-hybridized carbons (Fsp3) is 0.367. The first-order valence-electron chi connectivity index (χ1n) is 13.0. The molecule has 0 N–H and O–H groups in total. The second-order valence-electron chi connectivity index (χ2n) is 11.0. The summed E-state index contributed by atoms with van der Waals surface area (Å²) in [5.74, 6) is -1.18. The number of rotatable bonds is 6. The zero-order valence-corrected chi connectivity index (χ0v) is 21.7. The maximum Gasteiger partial charge on any atom is 0.253 e. The minimum atomic E-state index is -0.655. The first-order valence-corrected chi connectivity index (χ1v) is 13.0. The topological polar surface area (TPSA) is 70.8 Å². The Morgan fingerprint density at radius 2 is 1.82 bits per heavy atom. The van der Waals surface area contributed by atoms with Crippen molar-refractivity contribution in [1.82, 2.24) is 15.1 Å². The van der Waals surface area contributed by atoms with Gasteiger partial charge in [0.05, 0.1) is 29.2 Å². The lowest BCUT2D eigenvalue weighted by Gasteiger charge is -2.41. The molecule has 0 radical (unpaired) electrons. The van der Waals surface area contributed by atoms with Gasteiger partial charge in [0.1, 0.15) is 18.0 Å². The summed E-state index contributed by atoms with van der Waals surface area (Å²) in [7, 11) is 0. The Morgan fingerprint density at radius 3 is 2.47 bits per heavy atom. The van der Waals surface area contributed by atoms with Gasteiger partial charge in [-0.25, -0.2) is 13.8 Å². The number of fused-ring (bicyclic) bond motifs is 5. The van der Waals surface area contributed by atoms with Crippen molar-refractivity contribution in [2.24, 2.45) is 15.4 Å². The molecule has 1 aliphatic heterocycles. The van der Waals surface area contributed by atoms with E-state index in [-0.39, 0.29) is 28.5 Å². The number of hydrogen-bond acceptors (Lipinski definition) is 5. The number of hydrogen-bond donors (Lipinski definition) is 0. The fourth-order valence-electron chi connectivity index (χ4n) is 6.73. The molecule has 3 aromatic rings. The van der Waals surface area contributed by atoms with E-state index in [0.29, 0.717) is 25.2 Å². The molecule has 6 rings (SSSR count). The van der Waals surface area contributed by atoms with E-state index in [2.05, 4.69) is 34.0 Å². The highest BCUT2D eigenvalue weighted by Crippen LogP contribution is 2.67. The summed E-state index contributed by atoms with van der Waals surface area (Å²) in [6.45, 7) is 8.02. The Hall–Kier alpha value is -3.81. The second kappa shape index (κ2) is 8.89. The molecule has 0 saturated heterocycles. The lowest BCUT2D eigenvalue weighted by atomic mass is 9.68. The highest BCUT2D eigenvalue weighted by atomic mass is 19.1. The van der Waals surface area contributed by atoms with Crippen LogP contribution in [0, 0.1) is 17.0 Å². The van der Waals surface area contributed by atoms with Gasteiger partial charge in [-0.3, -0.25) is 9.79 Å². The molecule has 2 bridgehead atoms. The van der Waals surface area contributed by atoms with Crippen molar-refractivity contribution in [2.75, 3.05) is 19.6 Å². The molecular weight excluding hydrogens is 484 g/mol. The van der Waals surface area contributed by atoms with Crippen LogP contribution in [0.4, 0.5) is 8.78 Å². The minimum absolute atomic E-state index is 0.0382. The van der Waals surface area contributed by atoms with Crippen molar-refractivity contribution in [2.45, 2.75) is 44.9 Å². The van der Waals surface area contributed by atoms with Gasteiger partial charge < -0.3 is 4.90 Å². The molecule has 1 aromatic heterocycles. The molecule has 1 saturated carbocycles. The number of carbonyl (C=O) groups is 1. The summed E-state index contributed by atoms with van der Waals surface area (Å²) in [6.07, 6.45) is 3.36. The Kier molecular flexibility index (Phi) is 5.74. The van der Waals surface area contributed by atoms with E-state index in [9.17, 15) is 13.6 Å². The predicted molar refractivity (Wildman–Crippen MR) is 143 cm³/mol. The van der Waals surface area contributed by atoms with E-state index in [1.807, 2.05) is 42.2 Å². The normalized spacial score (nSPS) is 22.4. The third kappa shape index (κ3) is 3.53. The maximum absolute atomic E-state index is 14.5. The van der Waals surface area contributed by atoms with E-state index >= 15 is 0 Å². The first-order chi connectivity index (χ1) is 18.3. The van der Waals surface area contributed by atoms with Crippen LogP contribution in [0.5, 0.6) is 0 Å². The molecule has 8 heteroatoms. The lowest BCUT2D eigenvalue weighted by Crippen LogP contribution is -2.48. The molecule has 2 aliphatic carbocycles. The van der Waals surface area contributed by atoms with Crippen LogP contribution < -0.4 is 0 Å². The third-order valence-corrected chi connectivity index (χ3v) is 8.97. The number of nitrogens with zero attached hydrogens (tertiary/aromatic N) is 5. The molecule has 1 amide bonds. The molecule has 2 aromatic carbocycles. The highest BCUT2D eigenvalue weighted by Gasteiger charge is 2.64. The minimum Gasteiger partial charge on any atom is -0.338 e. The van der Waals surface area contributed by atoms with Crippen molar-refractivity contribution in [1.29, 1.82) is 0 Å². The number of benzene rings is 2. The van der Waals surface area contributed by atoms with Crippen LogP contribution in [0.1, 0.15) is 66.7 Å². The van der Waals surface area contributed by atoms with E-state index in [0.717, 1.165) is 35.4 Å². The van der Waals surface area contributed by atoms with E-state index in [1.54, 1.807) is 6.34 Å². The van der Waals surface area contributed by atoms with Crippen LogP contribution in [0.2, 0.25) is 0 Å². The first kappa shape index (κ1) is 24.5. The third-order valence-electron chi connectivity index (χ3n) is 8.97. The van der Waals surface area contributed by atoms with E-state index in [4.69, 9.17) is 0 Å². The van der Waals surface area contributed by atoms with E-state index in [1.165, 1.54) is 18.2 Å². The van der Waals surface area contributed by atoms with Crippen LogP contribution in [0.15, 0.2) is 58.5 Å². The lowest BCUT2D eigenvalue weighted by molar-refractivity contribution is 0.0652. The van der Waals surface area contributed by atoms with Gasteiger partial charge in [0.25, 0.3) is 5.91 Å².